The summed E-state index contributed by atoms with van der Waals surface area (Å²) in [5.41, 5.74) is 3.59. The van der Waals surface area contributed by atoms with E-state index in [2.05, 4.69) is 5.10 Å². The number of hydrogen-bond acceptors (Lipinski definition) is 4. The first-order chi connectivity index (χ1) is 10.7. The molecule has 0 saturated heterocycles. The molecule has 0 aromatic heterocycles. The number of carbonyl (C=O) groups is 1. The van der Waals surface area contributed by atoms with Crippen molar-refractivity contribution < 1.29 is 14.3 Å². The number of rotatable bonds is 1. The van der Waals surface area contributed by atoms with Crippen molar-refractivity contribution in [2.75, 3.05) is 11.8 Å². The minimum Gasteiger partial charge on any atom is -0.454 e. The molecule has 110 valence electrons. The molecule has 5 heteroatoms. The maximum Gasteiger partial charge on any atom is 0.251 e. The summed E-state index contributed by atoms with van der Waals surface area (Å²) in [6, 6.07) is 11.4. The predicted octanol–water partition coefficient (Wildman–Crippen LogP) is 2.65. The largest absolute Gasteiger partial charge is 0.454 e. The van der Waals surface area contributed by atoms with Gasteiger partial charge >= 0.3 is 0 Å². The van der Waals surface area contributed by atoms with Crippen molar-refractivity contribution in [3.8, 4) is 11.5 Å². The van der Waals surface area contributed by atoms with E-state index in [-0.39, 0.29) is 19.1 Å². The molecule has 2 aliphatic rings. The molecule has 2 aliphatic heterocycles. The molecule has 22 heavy (non-hydrogen) atoms. The van der Waals surface area contributed by atoms with Crippen LogP contribution in [0.3, 0.4) is 0 Å². The maximum absolute atomic E-state index is 12.6. The second-order valence-electron chi connectivity index (χ2n) is 5.32. The molecule has 2 aromatic carbocycles. The molecular weight excluding hydrogens is 280 g/mol. The molecule has 4 rings (SSSR count). The summed E-state index contributed by atoms with van der Waals surface area (Å²) in [5.74, 6) is 1.31. The molecular formula is C17H14N2O3. The van der Waals surface area contributed by atoms with Crippen molar-refractivity contribution in [3.63, 3.8) is 0 Å². The lowest BCUT2D eigenvalue weighted by Crippen LogP contribution is -2.26. The monoisotopic (exact) mass is 294 g/mol. The van der Waals surface area contributed by atoms with Crippen LogP contribution in [-0.4, -0.2) is 18.9 Å². The minimum atomic E-state index is -0.0665. The van der Waals surface area contributed by atoms with Crippen LogP contribution in [0.5, 0.6) is 11.5 Å². The van der Waals surface area contributed by atoms with Gasteiger partial charge in [0.05, 0.1) is 18.3 Å². The average molecular weight is 294 g/mol. The van der Waals surface area contributed by atoms with Gasteiger partial charge in [0.25, 0.3) is 5.91 Å². The highest BCUT2D eigenvalue weighted by Gasteiger charge is 2.24. The Morgan fingerprint density at radius 3 is 2.73 bits per heavy atom. The number of aryl methyl sites for hydroxylation is 1. The number of amides is 1. The van der Waals surface area contributed by atoms with E-state index < -0.39 is 0 Å². The van der Waals surface area contributed by atoms with Gasteiger partial charge in [-0.15, -0.1) is 0 Å². The van der Waals surface area contributed by atoms with Crippen molar-refractivity contribution in [3.05, 3.63) is 53.1 Å². The van der Waals surface area contributed by atoms with E-state index in [9.17, 15) is 4.79 Å². The lowest BCUT2D eigenvalue weighted by atomic mass is 10.0. The van der Waals surface area contributed by atoms with E-state index in [1.165, 1.54) is 5.01 Å². The summed E-state index contributed by atoms with van der Waals surface area (Å²) < 4.78 is 10.8. The molecule has 0 radical (unpaired) electrons. The molecule has 1 amide bonds. The summed E-state index contributed by atoms with van der Waals surface area (Å²) >= 11 is 0. The number of fused-ring (bicyclic) bond motifs is 2. The Kier molecular flexibility index (Phi) is 2.85. The first-order valence-corrected chi connectivity index (χ1v) is 7.07. The zero-order valence-electron chi connectivity index (χ0n) is 12.1. The zero-order valence-corrected chi connectivity index (χ0v) is 12.1. The quantitative estimate of drug-likeness (QED) is 0.812. The Bertz CT molecular complexity index is 798. The number of hydrazone groups is 1. The number of hydrogen-bond donors (Lipinski definition) is 0. The van der Waals surface area contributed by atoms with Crippen molar-refractivity contribution in [1.29, 1.82) is 0 Å². The molecule has 0 unspecified atom stereocenters. The lowest BCUT2D eigenvalue weighted by molar-refractivity contribution is -0.117. The van der Waals surface area contributed by atoms with Crippen LogP contribution < -0.4 is 14.5 Å². The van der Waals surface area contributed by atoms with E-state index in [0.29, 0.717) is 11.5 Å². The van der Waals surface area contributed by atoms with Gasteiger partial charge in [0.15, 0.2) is 11.5 Å². The summed E-state index contributed by atoms with van der Waals surface area (Å²) in [4.78, 5) is 12.6. The van der Waals surface area contributed by atoms with Gasteiger partial charge in [-0.2, -0.15) is 5.10 Å². The van der Waals surface area contributed by atoms with Crippen LogP contribution in [0.1, 0.15) is 16.7 Å². The SMILES string of the molecule is Cc1ccccc1N1N=Cc2cc3c(cc2CC1=O)OCO3. The molecule has 0 atom stereocenters. The number of para-hydroxylation sites is 1. The molecule has 0 N–H and O–H groups in total. The minimum absolute atomic E-state index is 0.0665. The predicted molar refractivity (Wildman–Crippen MR) is 82.5 cm³/mol. The third kappa shape index (κ3) is 2.02. The van der Waals surface area contributed by atoms with E-state index in [4.69, 9.17) is 9.47 Å². The molecule has 0 spiro atoms. The average Bonchev–Trinajstić information content (AvgIpc) is 2.89. The second kappa shape index (κ2) is 4.87. The second-order valence-corrected chi connectivity index (χ2v) is 5.32. The summed E-state index contributed by atoms with van der Waals surface area (Å²) in [6.07, 6.45) is 1.98. The highest BCUT2D eigenvalue weighted by molar-refractivity contribution is 6.00. The molecule has 0 saturated carbocycles. The Hall–Kier alpha value is -2.82. The van der Waals surface area contributed by atoms with Crippen LogP contribution in [0.4, 0.5) is 5.69 Å². The van der Waals surface area contributed by atoms with Crippen molar-refractivity contribution in [2.45, 2.75) is 13.3 Å². The Morgan fingerprint density at radius 1 is 1.14 bits per heavy atom. The molecule has 0 bridgehead atoms. The smallest absolute Gasteiger partial charge is 0.251 e. The number of anilines is 1. The van der Waals surface area contributed by atoms with Crippen LogP contribution in [0.15, 0.2) is 41.5 Å². The fourth-order valence-electron chi connectivity index (χ4n) is 2.69. The zero-order chi connectivity index (χ0) is 15.1. The van der Waals surface area contributed by atoms with E-state index in [0.717, 1.165) is 22.4 Å². The summed E-state index contributed by atoms with van der Waals surface area (Å²) in [6.45, 7) is 2.19. The van der Waals surface area contributed by atoms with Crippen molar-refractivity contribution in [1.82, 2.24) is 0 Å². The van der Waals surface area contributed by atoms with Crippen LogP contribution in [0, 0.1) is 6.92 Å². The van der Waals surface area contributed by atoms with Gasteiger partial charge in [-0.3, -0.25) is 4.79 Å². The number of nitrogens with zero attached hydrogens (tertiary/aromatic N) is 2. The summed E-state index contributed by atoms with van der Waals surface area (Å²) in [7, 11) is 0. The molecule has 5 nitrogen and oxygen atoms in total. The standard InChI is InChI=1S/C17H14N2O3/c1-11-4-2-3-5-14(11)19-17(20)8-12-6-15-16(22-10-21-15)7-13(12)9-18-19/h2-7,9H,8,10H2,1H3. The van der Waals surface area contributed by atoms with E-state index >= 15 is 0 Å². The van der Waals surface area contributed by atoms with Crippen molar-refractivity contribution >= 4 is 17.8 Å². The van der Waals surface area contributed by atoms with Gasteiger partial charge in [-0.05, 0) is 36.2 Å². The van der Waals surface area contributed by atoms with Gasteiger partial charge in [0, 0.05) is 5.56 Å². The maximum atomic E-state index is 12.6. The van der Waals surface area contributed by atoms with Gasteiger partial charge in [-0.1, -0.05) is 18.2 Å². The summed E-state index contributed by atoms with van der Waals surface area (Å²) in [5, 5.41) is 5.83. The number of ether oxygens (including phenoxy) is 2. The van der Waals surface area contributed by atoms with Crippen LogP contribution >= 0.6 is 0 Å². The highest BCUT2D eigenvalue weighted by Crippen LogP contribution is 2.35. The molecule has 0 aliphatic carbocycles. The number of benzene rings is 2. The fourth-order valence-corrected chi connectivity index (χ4v) is 2.69. The van der Waals surface area contributed by atoms with Gasteiger partial charge in [-0.25, -0.2) is 5.01 Å². The van der Waals surface area contributed by atoms with Gasteiger partial charge in [0.2, 0.25) is 6.79 Å². The van der Waals surface area contributed by atoms with Gasteiger partial charge in [0.1, 0.15) is 0 Å². The van der Waals surface area contributed by atoms with Crippen LogP contribution in [0.25, 0.3) is 0 Å². The third-order valence-corrected chi connectivity index (χ3v) is 3.87. The first-order valence-electron chi connectivity index (χ1n) is 7.07. The third-order valence-electron chi connectivity index (χ3n) is 3.87. The Labute approximate surface area is 127 Å². The van der Waals surface area contributed by atoms with Gasteiger partial charge < -0.3 is 9.47 Å². The topological polar surface area (TPSA) is 51.1 Å². The first kappa shape index (κ1) is 12.9. The molecule has 0 fully saturated rings. The normalized spacial score (nSPS) is 15.7. The fraction of sp³-hybridized carbons (Fsp3) is 0.176. The Balaban J connectivity index is 1.76. The lowest BCUT2D eigenvalue weighted by Gasteiger charge is -2.17. The van der Waals surface area contributed by atoms with E-state index in [1.54, 1.807) is 6.21 Å². The van der Waals surface area contributed by atoms with E-state index in [1.807, 2.05) is 43.3 Å². The van der Waals surface area contributed by atoms with Crippen LogP contribution in [0.2, 0.25) is 0 Å². The Morgan fingerprint density at radius 2 is 1.91 bits per heavy atom. The highest BCUT2D eigenvalue weighted by atomic mass is 16.7. The molecule has 2 aromatic rings. The molecule has 2 heterocycles. The number of carbonyl (C=O) groups excluding carboxylic acids is 1. The van der Waals surface area contributed by atoms with Crippen LogP contribution in [-0.2, 0) is 11.2 Å². The van der Waals surface area contributed by atoms with Crippen molar-refractivity contribution in [2.24, 2.45) is 5.10 Å².